The molecule has 0 unspecified atom stereocenters. The fraction of sp³-hybridized carbons (Fsp3) is 0.348. The second-order valence-corrected chi connectivity index (χ2v) is 6.94. The number of hydrogen-bond donors (Lipinski definition) is 1. The van der Waals surface area contributed by atoms with Crippen LogP contribution in [0.5, 0.6) is 0 Å². The van der Waals surface area contributed by atoms with Crippen LogP contribution in [0, 0.1) is 0 Å². The minimum Gasteiger partial charge on any atom is -0.370 e. The van der Waals surface area contributed by atoms with Gasteiger partial charge in [0.2, 0.25) is 11.8 Å². The lowest BCUT2D eigenvalue weighted by Gasteiger charge is -2.24. The first kappa shape index (κ1) is 20.6. The van der Waals surface area contributed by atoms with Gasteiger partial charge in [0.1, 0.15) is 0 Å². The molecule has 2 aromatic carbocycles. The monoisotopic (exact) mass is 392 g/mol. The summed E-state index contributed by atoms with van der Waals surface area (Å²) in [4.78, 5) is 26.6. The van der Waals surface area contributed by atoms with Crippen LogP contribution in [0.25, 0.3) is 0 Å². The topological polar surface area (TPSA) is 65.0 Å². The Morgan fingerprint density at radius 2 is 1.76 bits per heavy atom. The molecule has 1 aliphatic heterocycles. The number of hydrogen-bond acceptors (Lipinski definition) is 4. The lowest BCUT2D eigenvalue weighted by atomic mass is 10.0. The van der Waals surface area contributed by atoms with Gasteiger partial charge < -0.3 is 10.2 Å². The van der Waals surface area contributed by atoms with Crippen molar-refractivity contribution in [2.24, 2.45) is 5.10 Å². The molecule has 1 heterocycles. The number of carbonyl (C=O) groups is 2. The molecule has 29 heavy (non-hydrogen) atoms. The number of amides is 2. The van der Waals surface area contributed by atoms with Crippen LogP contribution in [0.15, 0.2) is 65.8 Å². The molecule has 0 bridgehead atoms. The molecule has 6 nitrogen and oxygen atoms in total. The van der Waals surface area contributed by atoms with Gasteiger partial charge in [-0.05, 0) is 24.6 Å². The summed E-state index contributed by atoms with van der Waals surface area (Å²) in [7, 11) is 0. The summed E-state index contributed by atoms with van der Waals surface area (Å²) in [6, 6.07) is 20.0. The van der Waals surface area contributed by atoms with Crippen LogP contribution in [0.2, 0.25) is 0 Å². The maximum absolute atomic E-state index is 12.2. The van der Waals surface area contributed by atoms with Gasteiger partial charge >= 0.3 is 0 Å². The zero-order valence-corrected chi connectivity index (χ0v) is 16.9. The summed E-state index contributed by atoms with van der Waals surface area (Å²) < 4.78 is 0. The number of likely N-dealkylation sites (N-methyl/N-ethyl adjacent to an activating group) is 1. The van der Waals surface area contributed by atoms with E-state index in [1.165, 1.54) is 5.01 Å². The molecule has 152 valence electrons. The lowest BCUT2D eigenvalue weighted by Crippen LogP contribution is -2.38. The van der Waals surface area contributed by atoms with Crippen molar-refractivity contribution in [3.8, 4) is 0 Å². The van der Waals surface area contributed by atoms with Crippen molar-refractivity contribution in [3.05, 3.63) is 66.2 Å². The van der Waals surface area contributed by atoms with Crippen LogP contribution in [-0.4, -0.2) is 48.7 Å². The number of carbonyl (C=O) groups excluding carboxylic acids is 2. The van der Waals surface area contributed by atoms with Crippen LogP contribution in [0.3, 0.4) is 0 Å². The van der Waals surface area contributed by atoms with Gasteiger partial charge in [-0.25, -0.2) is 5.01 Å². The number of nitrogens with zero attached hydrogens (tertiary/aromatic N) is 3. The highest BCUT2D eigenvalue weighted by atomic mass is 16.2. The van der Waals surface area contributed by atoms with Crippen molar-refractivity contribution in [2.75, 3.05) is 31.1 Å². The van der Waals surface area contributed by atoms with E-state index >= 15 is 0 Å². The average molecular weight is 393 g/mol. The summed E-state index contributed by atoms with van der Waals surface area (Å²) in [5.41, 5.74) is 3.06. The predicted octanol–water partition coefficient (Wildman–Crippen LogP) is 3.05. The van der Waals surface area contributed by atoms with E-state index < -0.39 is 0 Å². The number of hydrazone groups is 1. The van der Waals surface area contributed by atoms with Crippen molar-refractivity contribution >= 4 is 23.2 Å². The van der Waals surface area contributed by atoms with Crippen molar-refractivity contribution in [1.82, 2.24) is 10.3 Å². The molecule has 0 radical (unpaired) electrons. The van der Waals surface area contributed by atoms with Crippen LogP contribution in [0.4, 0.5) is 5.69 Å². The molecule has 2 amide bonds. The molecule has 6 heteroatoms. The van der Waals surface area contributed by atoms with Crippen molar-refractivity contribution in [2.45, 2.75) is 26.2 Å². The molecule has 0 saturated carbocycles. The molecule has 0 saturated heterocycles. The Bertz CT molecular complexity index is 836. The van der Waals surface area contributed by atoms with Gasteiger partial charge in [0.25, 0.3) is 0 Å². The molecule has 3 rings (SSSR count). The number of anilines is 1. The fourth-order valence-electron chi connectivity index (χ4n) is 3.35. The molecular formula is C23H28N4O2. The van der Waals surface area contributed by atoms with Gasteiger partial charge in [-0.1, -0.05) is 48.5 Å². The Labute approximate surface area is 172 Å². The summed E-state index contributed by atoms with van der Waals surface area (Å²) in [5, 5.41) is 8.86. The van der Waals surface area contributed by atoms with E-state index in [2.05, 4.69) is 34.4 Å². The van der Waals surface area contributed by atoms with E-state index in [0.29, 0.717) is 25.9 Å². The molecule has 1 N–H and O–H groups in total. The van der Waals surface area contributed by atoms with E-state index in [-0.39, 0.29) is 18.2 Å². The van der Waals surface area contributed by atoms with Gasteiger partial charge in [-0.3, -0.25) is 9.59 Å². The lowest BCUT2D eigenvalue weighted by molar-refractivity contribution is -0.132. The van der Waals surface area contributed by atoms with E-state index in [9.17, 15) is 9.59 Å². The third-order valence-electron chi connectivity index (χ3n) is 4.97. The number of benzene rings is 2. The summed E-state index contributed by atoms with van der Waals surface area (Å²) in [5.74, 6) is -0.0948. The summed E-state index contributed by atoms with van der Waals surface area (Å²) in [6.45, 7) is 4.58. The molecule has 0 aromatic heterocycles. The van der Waals surface area contributed by atoms with Crippen molar-refractivity contribution < 1.29 is 9.59 Å². The first-order valence-corrected chi connectivity index (χ1v) is 10.2. The first-order chi connectivity index (χ1) is 14.2. The highest BCUT2D eigenvalue weighted by molar-refractivity contribution is 6.04. The largest absolute Gasteiger partial charge is 0.370 e. The molecule has 0 spiro atoms. The standard InChI is InChI=1S/C23H28N4O2/c1-2-26(20-11-7-4-8-12-20)18-16-24-22(28)15-17-27-23(29)14-13-21(25-27)19-9-5-3-6-10-19/h3-12H,2,13-18H2,1H3,(H,24,28). The fourth-order valence-corrected chi connectivity index (χ4v) is 3.35. The maximum Gasteiger partial charge on any atom is 0.243 e. The van der Waals surface area contributed by atoms with Gasteiger partial charge in [-0.2, -0.15) is 5.10 Å². The quantitative estimate of drug-likeness (QED) is 0.713. The molecule has 2 aromatic rings. The number of nitrogens with one attached hydrogen (secondary N) is 1. The van der Waals surface area contributed by atoms with Crippen molar-refractivity contribution in [3.63, 3.8) is 0 Å². The van der Waals surface area contributed by atoms with Crippen LogP contribution in [-0.2, 0) is 9.59 Å². The van der Waals surface area contributed by atoms with Crippen molar-refractivity contribution in [1.29, 1.82) is 0 Å². The third-order valence-corrected chi connectivity index (χ3v) is 4.97. The molecule has 1 aliphatic rings. The summed E-state index contributed by atoms with van der Waals surface area (Å²) >= 11 is 0. The van der Waals surface area contributed by atoms with Gasteiger partial charge in [0, 0.05) is 44.6 Å². The van der Waals surface area contributed by atoms with E-state index in [4.69, 9.17) is 0 Å². The summed E-state index contributed by atoms with van der Waals surface area (Å²) in [6.07, 6.45) is 1.31. The maximum atomic E-state index is 12.2. The Hall–Kier alpha value is -3.15. The Morgan fingerprint density at radius 1 is 1.07 bits per heavy atom. The zero-order chi connectivity index (χ0) is 20.5. The molecule has 0 atom stereocenters. The van der Waals surface area contributed by atoms with Gasteiger partial charge in [0.15, 0.2) is 0 Å². The highest BCUT2D eigenvalue weighted by Crippen LogP contribution is 2.15. The van der Waals surface area contributed by atoms with Crippen LogP contribution in [0.1, 0.15) is 31.7 Å². The SMILES string of the molecule is CCN(CCNC(=O)CCN1N=C(c2ccccc2)CCC1=O)c1ccccc1. The molecular weight excluding hydrogens is 364 g/mol. The van der Waals surface area contributed by atoms with E-state index in [1.807, 2.05) is 48.5 Å². The molecule has 0 aliphatic carbocycles. The van der Waals surface area contributed by atoms with E-state index in [1.54, 1.807) is 0 Å². The third kappa shape index (κ3) is 5.91. The normalized spacial score (nSPS) is 13.8. The molecule has 0 fully saturated rings. The Balaban J connectivity index is 1.46. The second-order valence-electron chi connectivity index (χ2n) is 6.94. The van der Waals surface area contributed by atoms with Gasteiger partial charge in [0.05, 0.1) is 12.3 Å². The van der Waals surface area contributed by atoms with Crippen LogP contribution >= 0.6 is 0 Å². The first-order valence-electron chi connectivity index (χ1n) is 10.2. The zero-order valence-electron chi connectivity index (χ0n) is 16.9. The second kappa shape index (κ2) is 10.4. The Morgan fingerprint density at radius 3 is 2.45 bits per heavy atom. The minimum absolute atomic E-state index is 0.0290. The van der Waals surface area contributed by atoms with Crippen LogP contribution < -0.4 is 10.2 Å². The van der Waals surface area contributed by atoms with Gasteiger partial charge in [-0.15, -0.1) is 0 Å². The number of rotatable bonds is 9. The average Bonchev–Trinajstić information content (AvgIpc) is 2.77. The highest BCUT2D eigenvalue weighted by Gasteiger charge is 2.21. The van der Waals surface area contributed by atoms with E-state index in [0.717, 1.165) is 30.1 Å². The predicted molar refractivity (Wildman–Crippen MR) is 116 cm³/mol. The smallest absolute Gasteiger partial charge is 0.243 e. The Kier molecular flexibility index (Phi) is 7.39. The minimum atomic E-state index is -0.0658. The number of para-hydroxylation sites is 1.